The van der Waals surface area contributed by atoms with Crippen molar-refractivity contribution in [2.45, 2.75) is 19.8 Å². The van der Waals surface area contributed by atoms with Crippen molar-refractivity contribution in [3.63, 3.8) is 0 Å². The van der Waals surface area contributed by atoms with Crippen LogP contribution in [0.25, 0.3) is 0 Å². The lowest BCUT2D eigenvalue weighted by atomic mass is 9.98. The minimum atomic E-state index is 0. The normalized spacial score (nSPS) is 15.3. The largest absolute Gasteiger partial charge is 1.00 e. The minimum absolute atomic E-state index is 0. The Morgan fingerprint density at radius 3 is 2.48 bits per heavy atom. The van der Waals surface area contributed by atoms with Gasteiger partial charge in [0.25, 0.3) is 0 Å². The van der Waals surface area contributed by atoms with Crippen LogP contribution in [0.15, 0.2) is 30.3 Å². The van der Waals surface area contributed by atoms with Crippen molar-refractivity contribution in [2.75, 3.05) is 18.0 Å². The predicted octanol–water partition coefficient (Wildman–Crippen LogP) is 0.746. The Bertz CT molecular complexity index is 676. The van der Waals surface area contributed by atoms with Crippen molar-refractivity contribution >= 4 is 38.7 Å². The zero-order valence-corrected chi connectivity index (χ0v) is 15.3. The number of hydrogen-bond donors (Lipinski definition) is 1. The van der Waals surface area contributed by atoms with Crippen molar-refractivity contribution < 1.29 is 22.9 Å². The lowest BCUT2D eigenvalue weighted by Gasteiger charge is -2.31. The fourth-order valence-corrected chi connectivity index (χ4v) is 3.92. The molecule has 0 bridgehead atoms. The van der Waals surface area contributed by atoms with Gasteiger partial charge in [0.2, 0.25) is 0 Å². The number of anilines is 1. The van der Waals surface area contributed by atoms with E-state index in [0.717, 1.165) is 34.6 Å². The first-order chi connectivity index (χ1) is 10.5. The second-order valence-electron chi connectivity index (χ2n) is 5.94. The summed E-state index contributed by atoms with van der Waals surface area (Å²) < 4.78 is 0. The fraction of sp³-hybridized carbons (Fsp3) is 0.353. The summed E-state index contributed by atoms with van der Waals surface area (Å²) in [7, 11) is 0. The molecule has 1 saturated heterocycles. The molecule has 1 aromatic heterocycles. The number of ketones is 1. The average Bonchev–Trinajstić information content (AvgIpc) is 2.90. The first-order valence-electron chi connectivity index (χ1n) is 7.55. The van der Waals surface area contributed by atoms with E-state index >= 15 is 0 Å². The Hall–Kier alpha value is -1.07. The van der Waals surface area contributed by atoms with E-state index in [1.807, 2.05) is 6.07 Å². The first-order valence-corrected chi connectivity index (χ1v) is 8.75. The number of carbonyl (C=O) groups is 1. The molecule has 0 spiro atoms. The molecule has 23 heavy (non-hydrogen) atoms. The van der Waals surface area contributed by atoms with Crippen molar-refractivity contribution in [3.8, 4) is 0 Å². The molecule has 1 aromatic carbocycles. The number of hydrogen-bond acceptors (Lipinski definition) is 3. The highest BCUT2D eigenvalue weighted by molar-refractivity contribution is 7.19. The summed E-state index contributed by atoms with van der Waals surface area (Å²) in [4.78, 5) is 15.1. The van der Waals surface area contributed by atoms with Crippen LogP contribution in [0.5, 0.6) is 0 Å². The molecule has 2 heterocycles. The Balaban J connectivity index is 0.00000192. The molecule has 1 fully saturated rings. The van der Waals surface area contributed by atoms with Gasteiger partial charge < -0.3 is 23.0 Å². The van der Waals surface area contributed by atoms with E-state index in [1.165, 1.54) is 12.8 Å². The van der Waals surface area contributed by atoms with Crippen LogP contribution in [0, 0.1) is 5.92 Å². The molecule has 0 aliphatic carbocycles. The number of thiophene rings is 1. The van der Waals surface area contributed by atoms with E-state index in [9.17, 15) is 4.79 Å². The zero-order valence-electron chi connectivity index (χ0n) is 13.0. The van der Waals surface area contributed by atoms with Gasteiger partial charge in [-0.2, -0.15) is 0 Å². The SMILES string of the molecule is CC1CCN(c2sc([NH3+])cc2C(=O)c2ccc(Cl)cc2)CC1.[Cl-]. The van der Waals surface area contributed by atoms with Crippen LogP contribution >= 0.6 is 22.9 Å². The molecule has 124 valence electrons. The maximum Gasteiger partial charge on any atom is 0.196 e. The molecular formula is C17H20Cl2N2OS. The number of quaternary nitrogens is 1. The molecular weight excluding hydrogens is 351 g/mol. The van der Waals surface area contributed by atoms with E-state index in [1.54, 1.807) is 35.6 Å². The molecule has 3 nitrogen and oxygen atoms in total. The average molecular weight is 371 g/mol. The maximum atomic E-state index is 12.8. The second-order valence-corrected chi connectivity index (χ2v) is 7.49. The van der Waals surface area contributed by atoms with Gasteiger partial charge >= 0.3 is 0 Å². The van der Waals surface area contributed by atoms with Gasteiger partial charge in [-0.3, -0.25) is 4.79 Å². The summed E-state index contributed by atoms with van der Waals surface area (Å²) in [6, 6.07) is 9.00. The molecule has 3 rings (SSSR count). The van der Waals surface area contributed by atoms with Gasteiger partial charge in [-0.05, 0) is 43.0 Å². The number of halogens is 2. The highest BCUT2D eigenvalue weighted by Crippen LogP contribution is 2.36. The second kappa shape index (κ2) is 7.67. The topological polar surface area (TPSA) is 48.0 Å². The van der Waals surface area contributed by atoms with Crippen LogP contribution in [0.2, 0.25) is 5.02 Å². The highest BCUT2D eigenvalue weighted by atomic mass is 35.5. The molecule has 1 aliphatic heterocycles. The fourth-order valence-electron chi connectivity index (χ4n) is 2.80. The van der Waals surface area contributed by atoms with Gasteiger partial charge in [0.1, 0.15) is 5.00 Å². The predicted molar refractivity (Wildman–Crippen MR) is 92.4 cm³/mol. The van der Waals surface area contributed by atoms with E-state index < -0.39 is 0 Å². The number of carbonyl (C=O) groups excluding carboxylic acids is 1. The van der Waals surface area contributed by atoms with Gasteiger partial charge in [0.15, 0.2) is 10.8 Å². The first kappa shape index (κ1) is 18.3. The third-order valence-corrected chi connectivity index (χ3v) is 5.49. The van der Waals surface area contributed by atoms with Gasteiger partial charge in [0.05, 0.1) is 5.56 Å². The summed E-state index contributed by atoms with van der Waals surface area (Å²) in [5.41, 5.74) is 5.47. The van der Waals surface area contributed by atoms with E-state index in [2.05, 4.69) is 17.6 Å². The number of nitrogens with zero attached hydrogens (tertiary/aromatic N) is 1. The third kappa shape index (κ3) is 4.07. The zero-order chi connectivity index (χ0) is 15.7. The molecule has 0 radical (unpaired) electrons. The molecule has 0 saturated carbocycles. The molecule has 0 amide bonds. The maximum absolute atomic E-state index is 12.8. The van der Waals surface area contributed by atoms with E-state index in [-0.39, 0.29) is 18.2 Å². The number of benzene rings is 1. The molecule has 6 heteroatoms. The van der Waals surface area contributed by atoms with Crippen molar-refractivity contribution in [3.05, 3.63) is 46.5 Å². The minimum Gasteiger partial charge on any atom is -1.00 e. The Morgan fingerprint density at radius 1 is 1.26 bits per heavy atom. The van der Waals surface area contributed by atoms with Crippen LogP contribution in [-0.4, -0.2) is 18.9 Å². The van der Waals surface area contributed by atoms with Gasteiger partial charge in [0, 0.05) is 29.7 Å². The monoisotopic (exact) mass is 370 g/mol. The van der Waals surface area contributed by atoms with Crippen molar-refractivity contribution in [1.82, 2.24) is 0 Å². The van der Waals surface area contributed by atoms with Crippen LogP contribution in [0.4, 0.5) is 10.0 Å². The lowest BCUT2D eigenvalue weighted by Crippen LogP contribution is -3.00. The van der Waals surface area contributed by atoms with Crippen LogP contribution < -0.4 is 23.0 Å². The molecule has 3 N–H and O–H groups in total. The number of rotatable bonds is 3. The van der Waals surface area contributed by atoms with E-state index in [4.69, 9.17) is 11.6 Å². The van der Waals surface area contributed by atoms with Gasteiger partial charge in [-0.25, -0.2) is 0 Å². The number of piperidine rings is 1. The molecule has 2 aromatic rings. The highest BCUT2D eigenvalue weighted by Gasteiger charge is 2.25. The van der Waals surface area contributed by atoms with E-state index in [0.29, 0.717) is 10.6 Å². The van der Waals surface area contributed by atoms with Gasteiger partial charge in [-0.15, -0.1) is 0 Å². The van der Waals surface area contributed by atoms with Crippen molar-refractivity contribution in [2.24, 2.45) is 5.92 Å². The Morgan fingerprint density at radius 2 is 1.87 bits per heavy atom. The van der Waals surface area contributed by atoms with Crippen LogP contribution in [0.3, 0.4) is 0 Å². The summed E-state index contributed by atoms with van der Waals surface area (Å²) in [6.45, 7) is 4.32. The van der Waals surface area contributed by atoms with Crippen molar-refractivity contribution in [1.29, 1.82) is 0 Å². The summed E-state index contributed by atoms with van der Waals surface area (Å²) in [6.07, 6.45) is 2.36. The third-order valence-electron chi connectivity index (χ3n) is 4.19. The molecule has 0 unspecified atom stereocenters. The lowest BCUT2D eigenvalue weighted by molar-refractivity contribution is -0.248. The van der Waals surface area contributed by atoms with Gasteiger partial charge in [-0.1, -0.05) is 29.9 Å². The Kier molecular flexibility index (Phi) is 6.09. The summed E-state index contributed by atoms with van der Waals surface area (Å²) in [5, 5.41) is 2.65. The quantitative estimate of drug-likeness (QED) is 0.810. The molecule has 0 atom stereocenters. The van der Waals surface area contributed by atoms with Crippen LogP contribution in [-0.2, 0) is 0 Å². The molecule has 1 aliphatic rings. The summed E-state index contributed by atoms with van der Waals surface area (Å²) >= 11 is 7.52. The Labute approximate surface area is 151 Å². The smallest absolute Gasteiger partial charge is 0.196 e. The summed E-state index contributed by atoms with van der Waals surface area (Å²) in [5.74, 6) is 0.822. The van der Waals surface area contributed by atoms with Crippen LogP contribution in [0.1, 0.15) is 35.7 Å². The standard InChI is InChI=1S/C17H19ClN2OS.ClH/c1-11-6-8-20(9-7-11)17-14(10-15(19)22-17)16(21)12-2-4-13(18)5-3-12;/h2-5,10-11H,6-9,19H2,1H3;1H.